The molecule has 0 radical (unpaired) electrons. The molecule has 4 rings (SSSR count). The second-order valence-electron chi connectivity index (χ2n) is 8.87. The Hall–Kier alpha value is -2.52. The highest BCUT2D eigenvalue weighted by Gasteiger charge is 2.29. The maximum absolute atomic E-state index is 12.5. The van der Waals surface area contributed by atoms with E-state index in [4.69, 9.17) is 9.97 Å². The third-order valence-electron chi connectivity index (χ3n) is 6.07. The molecule has 1 saturated carbocycles. The van der Waals surface area contributed by atoms with Crippen molar-refractivity contribution >= 4 is 34.4 Å². The van der Waals surface area contributed by atoms with Gasteiger partial charge < -0.3 is 15.5 Å². The van der Waals surface area contributed by atoms with Crippen LogP contribution in [0.25, 0.3) is 10.9 Å². The zero-order valence-electron chi connectivity index (χ0n) is 19.4. The van der Waals surface area contributed by atoms with Crippen molar-refractivity contribution in [2.75, 3.05) is 30.9 Å². The number of hydrogen-bond acceptors (Lipinski definition) is 6. The lowest BCUT2D eigenvalue weighted by Crippen LogP contribution is -2.38. The van der Waals surface area contributed by atoms with Crippen molar-refractivity contribution in [2.45, 2.75) is 54.6 Å². The number of hydrogen-bond donors (Lipinski definition) is 2. The molecule has 0 aliphatic heterocycles. The standard InChI is InChI=1S/C25H30F3N5S/c1-33(2)23-21-5-3-4-6-22(21)31-24(32-23)30-19-11-9-18(10-12-19)29-16-15-17-7-13-20(14-8-17)34-25(26,27)28/h3-8,13-14,18-19,29H,9-12,15-16H2,1-2H3,(H,30,31,32)/t18-,19+. The molecule has 0 bridgehead atoms. The predicted octanol–water partition coefficient (Wildman–Crippen LogP) is 5.86. The van der Waals surface area contributed by atoms with Crippen molar-refractivity contribution in [1.82, 2.24) is 15.3 Å². The van der Waals surface area contributed by atoms with Crippen molar-refractivity contribution in [1.29, 1.82) is 0 Å². The van der Waals surface area contributed by atoms with Crippen LogP contribution in [0.2, 0.25) is 0 Å². The molecule has 1 aliphatic rings. The fraction of sp³-hybridized carbons (Fsp3) is 0.440. The van der Waals surface area contributed by atoms with Gasteiger partial charge >= 0.3 is 5.51 Å². The predicted molar refractivity (Wildman–Crippen MR) is 134 cm³/mol. The van der Waals surface area contributed by atoms with E-state index in [0.717, 1.165) is 60.9 Å². The Bertz CT molecular complexity index is 1080. The molecule has 34 heavy (non-hydrogen) atoms. The molecule has 2 N–H and O–H groups in total. The minimum atomic E-state index is -4.24. The van der Waals surface area contributed by atoms with Crippen molar-refractivity contribution in [3.05, 3.63) is 54.1 Å². The van der Waals surface area contributed by atoms with Gasteiger partial charge in [0.1, 0.15) is 5.82 Å². The first-order valence-electron chi connectivity index (χ1n) is 11.6. The lowest BCUT2D eigenvalue weighted by atomic mass is 9.91. The second kappa shape index (κ2) is 10.8. The van der Waals surface area contributed by atoms with Crippen LogP contribution >= 0.6 is 11.8 Å². The van der Waals surface area contributed by atoms with Gasteiger partial charge in [0.05, 0.1) is 5.52 Å². The van der Waals surface area contributed by atoms with Gasteiger partial charge in [0.15, 0.2) is 0 Å². The van der Waals surface area contributed by atoms with E-state index in [2.05, 4.69) is 10.6 Å². The largest absolute Gasteiger partial charge is 0.446 e. The molecule has 2 aromatic carbocycles. The molecule has 9 heteroatoms. The number of fused-ring (bicyclic) bond motifs is 1. The number of thioether (sulfide) groups is 1. The Kier molecular flexibility index (Phi) is 7.83. The number of aromatic nitrogens is 2. The number of halogens is 3. The van der Waals surface area contributed by atoms with Crippen LogP contribution in [0.4, 0.5) is 24.9 Å². The third-order valence-corrected chi connectivity index (χ3v) is 6.81. The van der Waals surface area contributed by atoms with Gasteiger partial charge in [-0.05, 0) is 80.2 Å². The van der Waals surface area contributed by atoms with E-state index < -0.39 is 5.51 Å². The van der Waals surface area contributed by atoms with Crippen LogP contribution in [0.1, 0.15) is 31.2 Å². The molecule has 0 saturated heterocycles. The van der Waals surface area contributed by atoms with Crippen LogP contribution in [0, 0.1) is 0 Å². The number of nitrogens with zero attached hydrogens (tertiary/aromatic N) is 3. The van der Waals surface area contributed by atoms with E-state index in [1.54, 1.807) is 24.3 Å². The van der Waals surface area contributed by atoms with Gasteiger partial charge in [0.25, 0.3) is 0 Å². The fourth-order valence-electron chi connectivity index (χ4n) is 4.37. The highest BCUT2D eigenvalue weighted by molar-refractivity contribution is 8.00. The molecule has 0 unspecified atom stereocenters. The summed E-state index contributed by atoms with van der Waals surface area (Å²) in [6.07, 6.45) is 5.00. The van der Waals surface area contributed by atoms with Crippen LogP contribution in [-0.4, -0.2) is 48.2 Å². The van der Waals surface area contributed by atoms with Gasteiger partial charge in [-0.1, -0.05) is 24.3 Å². The number of alkyl halides is 3. The Morgan fingerprint density at radius 1 is 0.941 bits per heavy atom. The number of para-hydroxylation sites is 1. The topological polar surface area (TPSA) is 53.1 Å². The lowest BCUT2D eigenvalue weighted by Gasteiger charge is -2.30. The zero-order chi connectivity index (χ0) is 24.1. The summed E-state index contributed by atoms with van der Waals surface area (Å²) in [5.41, 5.74) is -2.27. The molecular formula is C25H30F3N5S. The molecule has 1 fully saturated rings. The average Bonchev–Trinajstić information content (AvgIpc) is 2.80. The van der Waals surface area contributed by atoms with Crippen LogP contribution in [0.15, 0.2) is 53.4 Å². The number of anilines is 2. The zero-order valence-corrected chi connectivity index (χ0v) is 20.2. The summed E-state index contributed by atoms with van der Waals surface area (Å²) in [5.74, 6) is 1.58. The first kappa shape index (κ1) is 24.6. The van der Waals surface area contributed by atoms with E-state index in [1.165, 1.54) is 0 Å². The van der Waals surface area contributed by atoms with E-state index in [-0.39, 0.29) is 16.7 Å². The summed E-state index contributed by atoms with van der Waals surface area (Å²) in [7, 11) is 3.98. The molecule has 182 valence electrons. The normalized spacial score (nSPS) is 18.7. The monoisotopic (exact) mass is 489 g/mol. The van der Waals surface area contributed by atoms with Crippen LogP contribution in [0.5, 0.6) is 0 Å². The molecular weight excluding hydrogens is 459 g/mol. The van der Waals surface area contributed by atoms with Gasteiger partial charge in [-0.15, -0.1) is 0 Å². The smallest absolute Gasteiger partial charge is 0.362 e. The van der Waals surface area contributed by atoms with Crippen molar-refractivity contribution in [3.63, 3.8) is 0 Å². The molecule has 1 heterocycles. The third kappa shape index (κ3) is 6.76. The number of benzene rings is 2. The Balaban J connectivity index is 1.23. The maximum Gasteiger partial charge on any atom is 0.446 e. The molecule has 1 aromatic heterocycles. The van der Waals surface area contributed by atoms with E-state index in [1.807, 2.05) is 43.3 Å². The Morgan fingerprint density at radius 2 is 1.62 bits per heavy atom. The highest BCUT2D eigenvalue weighted by atomic mass is 32.2. The van der Waals surface area contributed by atoms with Crippen molar-refractivity contribution in [3.8, 4) is 0 Å². The first-order valence-corrected chi connectivity index (χ1v) is 12.4. The second-order valence-corrected chi connectivity index (χ2v) is 10.0. The summed E-state index contributed by atoms with van der Waals surface area (Å²) in [4.78, 5) is 11.7. The molecule has 1 aliphatic carbocycles. The molecule has 0 atom stereocenters. The van der Waals surface area contributed by atoms with Gasteiger partial charge in [0.2, 0.25) is 5.95 Å². The minimum absolute atomic E-state index is 0.0737. The maximum atomic E-state index is 12.5. The number of rotatable bonds is 8. The van der Waals surface area contributed by atoms with Crippen LogP contribution in [0.3, 0.4) is 0 Å². The molecule has 3 aromatic rings. The van der Waals surface area contributed by atoms with Crippen LogP contribution < -0.4 is 15.5 Å². The summed E-state index contributed by atoms with van der Waals surface area (Å²) < 4.78 is 37.4. The van der Waals surface area contributed by atoms with Gasteiger partial charge in [-0.25, -0.2) is 4.98 Å². The quantitative estimate of drug-likeness (QED) is 0.387. The summed E-state index contributed by atoms with van der Waals surface area (Å²) in [5, 5.41) is 8.18. The van der Waals surface area contributed by atoms with Gasteiger partial charge in [-0.2, -0.15) is 18.2 Å². The number of nitrogens with one attached hydrogen (secondary N) is 2. The first-order chi connectivity index (χ1) is 16.3. The van der Waals surface area contributed by atoms with Gasteiger partial charge in [0, 0.05) is 36.5 Å². The fourth-order valence-corrected chi connectivity index (χ4v) is 4.91. The summed E-state index contributed by atoms with van der Waals surface area (Å²) >= 11 is -0.0737. The average molecular weight is 490 g/mol. The minimum Gasteiger partial charge on any atom is -0.362 e. The SMILES string of the molecule is CN(C)c1nc(N[C@H]2CC[C@@H](NCCc3ccc(SC(F)(F)F)cc3)CC2)nc2ccccc12. The highest BCUT2D eigenvalue weighted by Crippen LogP contribution is 2.36. The van der Waals surface area contributed by atoms with E-state index in [9.17, 15) is 13.2 Å². The van der Waals surface area contributed by atoms with Crippen LogP contribution in [-0.2, 0) is 6.42 Å². The lowest BCUT2D eigenvalue weighted by molar-refractivity contribution is -0.0328. The van der Waals surface area contributed by atoms with E-state index >= 15 is 0 Å². The molecule has 0 spiro atoms. The Morgan fingerprint density at radius 3 is 2.29 bits per heavy atom. The summed E-state index contributed by atoms with van der Waals surface area (Å²) in [6.45, 7) is 0.814. The molecule has 0 amide bonds. The summed E-state index contributed by atoms with van der Waals surface area (Å²) in [6, 6.07) is 15.5. The van der Waals surface area contributed by atoms with Crippen molar-refractivity contribution in [2.24, 2.45) is 0 Å². The Labute approximate surface area is 202 Å². The van der Waals surface area contributed by atoms with E-state index in [0.29, 0.717) is 18.0 Å². The van der Waals surface area contributed by atoms with Gasteiger partial charge in [-0.3, -0.25) is 0 Å². The molecule has 5 nitrogen and oxygen atoms in total. The van der Waals surface area contributed by atoms with Crippen molar-refractivity contribution < 1.29 is 13.2 Å².